The van der Waals surface area contributed by atoms with Crippen LogP contribution < -0.4 is 5.32 Å². The average Bonchev–Trinajstić information content (AvgIpc) is 2.87. The summed E-state index contributed by atoms with van der Waals surface area (Å²) < 4.78 is 5.22. The fourth-order valence-electron chi connectivity index (χ4n) is 1.83. The second kappa shape index (κ2) is 5.09. The molecule has 0 aromatic carbocycles. The Morgan fingerprint density at radius 2 is 2.35 bits per heavy atom. The van der Waals surface area contributed by atoms with Crippen LogP contribution in [0.4, 0.5) is 5.82 Å². The second-order valence-electron chi connectivity index (χ2n) is 3.93. The molecule has 1 saturated heterocycles. The molecule has 2 heterocycles. The van der Waals surface area contributed by atoms with Gasteiger partial charge in [-0.25, -0.2) is 9.97 Å². The predicted octanol–water partition coefficient (Wildman–Crippen LogP) is 0.379. The number of carbonyl (C=O) groups excluding carboxylic acids is 1. The van der Waals surface area contributed by atoms with E-state index in [0.29, 0.717) is 24.6 Å². The lowest BCUT2D eigenvalue weighted by Gasteiger charge is -2.15. The molecule has 1 atom stereocenters. The number of ether oxygens (including phenoxy) is 1. The minimum atomic E-state index is -0.0836. The van der Waals surface area contributed by atoms with Gasteiger partial charge >= 0.3 is 0 Å². The molecule has 1 aromatic rings. The van der Waals surface area contributed by atoms with Crippen LogP contribution in [0.25, 0.3) is 0 Å². The van der Waals surface area contributed by atoms with Gasteiger partial charge in [-0.1, -0.05) is 0 Å². The first-order chi connectivity index (χ1) is 8.24. The molecule has 1 unspecified atom stereocenters. The number of amides is 1. The van der Waals surface area contributed by atoms with E-state index in [1.165, 1.54) is 6.20 Å². The molecule has 1 aliphatic rings. The van der Waals surface area contributed by atoms with E-state index in [1.54, 1.807) is 25.3 Å². The highest BCUT2D eigenvalue weighted by Gasteiger charge is 2.27. The molecule has 1 aromatic heterocycles. The summed E-state index contributed by atoms with van der Waals surface area (Å²) in [5.41, 5.74) is 0.376. The Morgan fingerprint density at radius 3 is 2.88 bits per heavy atom. The molecule has 1 aliphatic heterocycles. The summed E-state index contributed by atoms with van der Waals surface area (Å²) in [7, 11) is 3.43. The molecule has 1 amide bonds. The number of carbonyl (C=O) groups is 1. The third-order valence-corrected chi connectivity index (χ3v) is 2.89. The largest absolute Gasteiger partial charge is 0.380 e. The van der Waals surface area contributed by atoms with Gasteiger partial charge in [-0.3, -0.25) is 4.79 Å². The molecule has 0 aliphatic carbocycles. The van der Waals surface area contributed by atoms with Gasteiger partial charge in [-0.15, -0.1) is 0 Å². The molecular formula is C11H16N4O2. The summed E-state index contributed by atoms with van der Waals surface area (Å²) in [6.45, 7) is 1.34. The summed E-state index contributed by atoms with van der Waals surface area (Å²) >= 11 is 0. The van der Waals surface area contributed by atoms with Gasteiger partial charge in [0, 0.05) is 27.2 Å². The van der Waals surface area contributed by atoms with E-state index in [9.17, 15) is 4.79 Å². The molecule has 6 nitrogen and oxygen atoms in total. The Hall–Kier alpha value is -1.69. The van der Waals surface area contributed by atoms with E-state index >= 15 is 0 Å². The predicted molar refractivity (Wildman–Crippen MR) is 62.9 cm³/mol. The molecule has 17 heavy (non-hydrogen) atoms. The maximum absolute atomic E-state index is 12.1. The van der Waals surface area contributed by atoms with Crippen molar-refractivity contribution in [2.45, 2.75) is 12.5 Å². The van der Waals surface area contributed by atoms with E-state index in [-0.39, 0.29) is 12.0 Å². The number of nitrogens with one attached hydrogen (secondary N) is 1. The second-order valence-corrected chi connectivity index (χ2v) is 3.93. The fourth-order valence-corrected chi connectivity index (χ4v) is 1.83. The van der Waals surface area contributed by atoms with Crippen LogP contribution in [-0.4, -0.2) is 54.1 Å². The van der Waals surface area contributed by atoms with Crippen LogP contribution in [0.3, 0.4) is 0 Å². The van der Waals surface area contributed by atoms with Crippen LogP contribution in [0.2, 0.25) is 0 Å². The normalized spacial score (nSPS) is 19.4. The van der Waals surface area contributed by atoms with Gasteiger partial charge in [0.05, 0.1) is 18.5 Å². The van der Waals surface area contributed by atoms with Crippen molar-refractivity contribution in [2.24, 2.45) is 0 Å². The Bertz CT molecular complexity index is 393. The van der Waals surface area contributed by atoms with Crippen LogP contribution in [-0.2, 0) is 4.74 Å². The van der Waals surface area contributed by atoms with E-state index in [2.05, 4.69) is 15.3 Å². The monoisotopic (exact) mass is 236 g/mol. The number of rotatable bonds is 3. The summed E-state index contributed by atoms with van der Waals surface area (Å²) in [6, 6.07) is 0. The lowest BCUT2D eigenvalue weighted by Crippen LogP contribution is -2.30. The number of nitrogens with zero attached hydrogens (tertiary/aromatic N) is 3. The fraction of sp³-hybridized carbons (Fsp3) is 0.545. The number of likely N-dealkylation sites (tertiary alicyclic amines) is 1. The minimum absolute atomic E-state index is 0.0836. The van der Waals surface area contributed by atoms with Crippen LogP contribution in [0.15, 0.2) is 12.4 Å². The van der Waals surface area contributed by atoms with Crippen molar-refractivity contribution < 1.29 is 9.53 Å². The van der Waals surface area contributed by atoms with Crippen molar-refractivity contribution in [3.8, 4) is 0 Å². The van der Waals surface area contributed by atoms with Crippen LogP contribution in [0.1, 0.15) is 16.9 Å². The summed E-state index contributed by atoms with van der Waals surface area (Å²) in [4.78, 5) is 22.0. The number of hydrogen-bond donors (Lipinski definition) is 1. The molecule has 2 rings (SSSR count). The highest BCUT2D eigenvalue weighted by Crippen LogP contribution is 2.14. The first-order valence-electron chi connectivity index (χ1n) is 5.56. The zero-order valence-corrected chi connectivity index (χ0v) is 10.0. The molecule has 6 heteroatoms. The van der Waals surface area contributed by atoms with Crippen molar-refractivity contribution in [3.63, 3.8) is 0 Å². The van der Waals surface area contributed by atoms with E-state index in [1.807, 2.05) is 0 Å². The standard InChI is InChI=1S/C11H16N4O2/c1-12-10-6-13-9(5-14-10)11(16)15-4-3-8(7-15)17-2/h5-6,8H,3-4,7H2,1-2H3,(H,12,14). The smallest absolute Gasteiger partial charge is 0.274 e. The summed E-state index contributed by atoms with van der Waals surface area (Å²) in [5.74, 6) is 0.567. The van der Waals surface area contributed by atoms with E-state index in [0.717, 1.165) is 6.42 Å². The van der Waals surface area contributed by atoms with Crippen molar-refractivity contribution in [3.05, 3.63) is 18.1 Å². The van der Waals surface area contributed by atoms with Gasteiger partial charge in [0.2, 0.25) is 0 Å². The molecule has 0 radical (unpaired) electrons. The molecule has 0 spiro atoms. The van der Waals surface area contributed by atoms with Crippen LogP contribution in [0, 0.1) is 0 Å². The third kappa shape index (κ3) is 2.52. The number of aromatic nitrogens is 2. The molecule has 1 fully saturated rings. The number of anilines is 1. The Labute approximate surface area is 100 Å². The molecule has 0 saturated carbocycles. The summed E-state index contributed by atoms with van der Waals surface area (Å²) in [6.07, 6.45) is 4.07. The quantitative estimate of drug-likeness (QED) is 0.821. The van der Waals surface area contributed by atoms with Gasteiger partial charge in [-0.2, -0.15) is 0 Å². The maximum Gasteiger partial charge on any atom is 0.274 e. The molecule has 92 valence electrons. The van der Waals surface area contributed by atoms with Crippen LogP contribution in [0.5, 0.6) is 0 Å². The third-order valence-electron chi connectivity index (χ3n) is 2.89. The lowest BCUT2D eigenvalue weighted by molar-refractivity contribution is 0.0718. The van der Waals surface area contributed by atoms with Gasteiger partial charge in [0.15, 0.2) is 0 Å². The molecule has 1 N–H and O–H groups in total. The van der Waals surface area contributed by atoms with Gasteiger partial charge in [-0.05, 0) is 6.42 Å². The van der Waals surface area contributed by atoms with Crippen molar-refractivity contribution in [1.82, 2.24) is 14.9 Å². The Morgan fingerprint density at radius 1 is 1.53 bits per heavy atom. The van der Waals surface area contributed by atoms with Crippen molar-refractivity contribution in [1.29, 1.82) is 0 Å². The zero-order chi connectivity index (χ0) is 12.3. The maximum atomic E-state index is 12.1. The Kier molecular flexibility index (Phi) is 3.53. The first-order valence-corrected chi connectivity index (χ1v) is 5.56. The highest BCUT2D eigenvalue weighted by molar-refractivity contribution is 5.92. The van der Waals surface area contributed by atoms with E-state index < -0.39 is 0 Å². The molecule has 0 bridgehead atoms. The van der Waals surface area contributed by atoms with Crippen molar-refractivity contribution >= 4 is 11.7 Å². The lowest BCUT2D eigenvalue weighted by atomic mass is 10.3. The topological polar surface area (TPSA) is 67.4 Å². The van der Waals surface area contributed by atoms with Crippen LogP contribution >= 0.6 is 0 Å². The first kappa shape index (κ1) is 11.8. The number of methoxy groups -OCH3 is 1. The minimum Gasteiger partial charge on any atom is -0.380 e. The number of hydrogen-bond acceptors (Lipinski definition) is 5. The van der Waals surface area contributed by atoms with Crippen molar-refractivity contribution in [2.75, 3.05) is 32.6 Å². The average molecular weight is 236 g/mol. The van der Waals surface area contributed by atoms with Gasteiger partial charge in [0.1, 0.15) is 11.5 Å². The van der Waals surface area contributed by atoms with Gasteiger partial charge in [0.25, 0.3) is 5.91 Å². The zero-order valence-electron chi connectivity index (χ0n) is 10.0. The summed E-state index contributed by atoms with van der Waals surface area (Å²) in [5, 5.41) is 2.86. The highest BCUT2D eigenvalue weighted by atomic mass is 16.5. The molecular weight excluding hydrogens is 220 g/mol. The Balaban J connectivity index is 2.04. The van der Waals surface area contributed by atoms with Gasteiger partial charge < -0.3 is 15.0 Å². The van der Waals surface area contributed by atoms with E-state index in [4.69, 9.17) is 4.74 Å². The SMILES string of the molecule is CNc1cnc(C(=O)N2CCC(OC)C2)cn1.